The van der Waals surface area contributed by atoms with Crippen molar-refractivity contribution >= 4 is 20.5 Å². The van der Waals surface area contributed by atoms with Crippen LogP contribution in [0, 0.1) is 0 Å². The van der Waals surface area contributed by atoms with E-state index < -0.39 is 52.0 Å². The molecule has 8 nitrogen and oxygen atoms in total. The highest BCUT2D eigenvalue weighted by molar-refractivity contribution is 7.80. The van der Waals surface area contributed by atoms with E-state index in [4.69, 9.17) is 25.8 Å². The first-order chi connectivity index (χ1) is 11.4. The second kappa shape index (κ2) is 8.96. The molecule has 0 bridgehead atoms. The van der Waals surface area contributed by atoms with Gasteiger partial charge in [0.15, 0.2) is 0 Å². The Balaban J connectivity index is 1.96. The predicted molar refractivity (Wildman–Crippen MR) is 80.0 cm³/mol. The monoisotopic (exact) mass is 362 g/mol. The van der Waals surface area contributed by atoms with Crippen LogP contribution in [0.1, 0.15) is 15.6 Å². The summed E-state index contributed by atoms with van der Waals surface area (Å²) in [5.74, 6) is 0.278. The summed E-state index contributed by atoms with van der Waals surface area (Å²) in [6, 6.07) is 0. The second-order valence-corrected chi connectivity index (χ2v) is 6.92. The van der Waals surface area contributed by atoms with Gasteiger partial charge in [0.1, 0.15) is 18.3 Å². The number of thiol groups is 1. The molecule has 0 saturated carbocycles. The summed E-state index contributed by atoms with van der Waals surface area (Å²) in [5, 5.41) is 19.0. The minimum atomic E-state index is -4.04. The smallest absolute Gasteiger partial charge is 0.394 e. The van der Waals surface area contributed by atoms with Gasteiger partial charge >= 0.3 is 7.82 Å². The summed E-state index contributed by atoms with van der Waals surface area (Å²) >= 11 is 3.97. The van der Waals surface area contributed by atoms with Gasteiger partial charge < -0.3 is 19.7 Å². The fourth-order valence-electron chi connectivity index (χ4n) is 2.04. The van der Waals surface area contributed by atoms with Crippen LogP contribution in [0.2, 0.25) is 0 Å². The molecule has 2 fully saturated rings. The Morgan fingerprint density at radius 1 is 1.27 bits per heavy atom. The van der Waals surface area contributed by atoms with Gasteiger partial charge in [-0.2, -0.15) is 12.6 Å². The van der Waals surface area contributed by atoms with Crippen molar-refractivity contribution in [1.29, 1.82) is 0 Å². The maximum atomic E-state index is 12.8. The normalized spacial score (nSPS) is 42.9. The van der Waals surface area contributed by atoms with E-state index in [0.717, 1.165) is 0 Å². The third kappa shape index (κ3) is 5.15. The molecular weight excluding hydrogens is 335 g/mol. The van der Waals surface area contributed by atoms with Gasteiger partial charge in [-0.05, 0) is 6.42 Å². The standard InChI is InChI=1S/C12H23O8PS/c13-7-11-10(2-4-16-11)20-21(15,18-5-6-22)19-8-12-9(14)1-3-17-12/h9-14,22H,1-8H2/t9-,10-,11-,12-,21+/m1/s1/i3T,4T/t3-,4+,9+,10+,11+,12+,21-/m0. The number of phosphoric ester groups is 1. The number of phosphoric acid groups is 1. The van der Waals surface area contributed by atoms with Gasteiger partial charge in [0.25, 0.3) is 0 Å². The molecule has 7 atom stereocenters. The Kier molecular flexibility index (Phi) is 6.44. The zero-order valence-electron chi connectivity index (χ0n) is 13.9. The number of hydrogen-bond acceptors (Lipinski definition) is 9. The summed E-state index contributed by atoms with van der Waals surface area (Å²) in [6.45, 7) is -2.43. The van der Waals surface area contributed by atoms with Crippen molar-refractivity contribution in [2.75, 3.05) is 38.7 Å². The summed E-state index contributed by atoms with van der Waals surface area (Å²) in [6.07, 6.45) is -3.07. The van der Waals surface area contributed by atoms with Gasteiger partial charge in [-0.15, -0.1) is 0 Å². The maximum absolute atomic E-state index is 12.8. The van der Waals surface area contributed by atoms with Gasteiger partial charge in [-0.3, -0.25) is 13.6 Å². The number of ether oxygens (including phenoxy) is 2. The van der Waals surface area contributed by atoms with Crippen molar-refractivity contribution in [3.63, 3.8) is 0 Å². The topological polar surface area (TPSA) is 104 Å². The molecule has 0 unspecified atom stereocenters. The molecule has 0 amide bonds. The van der Waals surface area contributed by atoms with Crippen molar-refractivity contribution in [3.8, 4) is 0 Å². The second-order valence-electron chi connectivity index (χ2n) is 4.85. The summed E-state index contributed by atoms with van der Waals surface area (Å²) in [5.41, 5.74) is 0. The third-order valence-electron chi connectivity index (χ3n) is 3.23. The van der Waals surface area contributed by atoms with Crippen LogP contribution in [0.4, 0.5) is 0 Å². The fraction of sp³-hybridized carbons (Fsp3) is 1.00. The SMILES string of the molecule is [3H][C@@H]1C[C@@H](O[P@@](=O)(OCCS)OC[C@H]2O[C@@H]([3H])C[C@H]2O)[C@@H](CO)O1. The van der Waals surface area contributed by atoms with Gasteiger partial charge in [0.2, 0.25) is 0 Å². The van der Waals surface area contributed by atoms with Crippen molar-refractivity contribution in [3.05, 3.63) is 0 Å². The molecule has 0 aromatic heterocycles. The Labute approximate surface area is 137 Å². The highest BCUT2D eigenvalue weighted by Crippen LogP contribution is 2.52. The number of aliphatic hydroxyl groups is 2. The lowest BCUT2D eigenvalue weighted by molar-refractivity contribution is -0.0238. The Morgan fingerprint density at radius 2 is 2.00 bits per heavy atom. The number of rotatable bonds is 9. The van der Waals surface area contributed by atoms with E-state index in [1.807, 2.05) is 0 Å². The molecule has 10 heteroatoms. The van der Waals surface area contributed by atoms with Crippen LogP contribution in [0.5, 0.6) is 0 Å². The number of aliphatic hydroxyl groups excluding tert-OH is 2. The van der Waals surface area contributed by atoms with Crippen molar-refractivity contribution in [1.82, 2.24) is 0 Å². The molecule has 0 aromatic rings. The Bertz CT molecular complexity index is 447. The molecule has 0 spiro atoms. The molecule has 0 aliphatic carbocycles. The van der Waals surface area contributed by atoms with E-state index in [-0.39, 0.29) is 31.8 Å². The van der Waals surface area contributed by atoms with Gasteiger partial charge in [0.05, 0.1) is 28.7 Å². The molecule has 2 saturated heterocycles. The van der Waals surface area contributed by atoms with Crippen LogP contribution in [0.15, 0.2) is 0 Å². The highest BCUT2D eigenvalue weighted by atomic mass is 32.1. The first-order valence-corrected chi connectivity index (χ1v) is 9.09. The molecule has 2 rings (SSSR count). The first-order valence-electron chi connectivity index (χ1n) is 8.15. The van der Waals surface area contributed by atoms with Crippen LogP contribution in [0.25, 0.3) is 0 Å². The van der Waals surface area contributed by atoms with Crippen molar-refractivity contribution in [2.45, 2.75) is 37.3 Å². The van der Waals surface area contributed by atoms with Crippen LogP contribution in [0.3, 0.4) is 0 Å². The lowest BCUT2D eigenvalue weighted by atomic mass is 10.2. The van der Waals surface area contributed by atoms with Gasteiger partial charge in [-0.1, -0.05) is 0 Å². The van der Waals surface area contributed by atoms with E-state index in [1.165, 1.54) is 0 Å². The van der Waals surface area contributed by atoms with Gasteiger partial charge in [-0.25, -0.2) is 4.57 Å². The fourth-order valence-corrected chi connectivity index (χ4v) is 3.67. The minimum Gasteiger partial charge on any atom is -0.394 e. The van der Waals surface area contributed by atoms with Crippen molar-refractivity contribution in [2.24, 2.45) is 0 Å². The predicted octanol–water partition coefficient (Wildman–Crippen LogP) is 0.374. The van der Waals surface area contributed by atoms with E-state index in [2.05, 4.69) is 12.6 Å². The van der Waals surface area contributed by atoms with Crippen LogP contribution in [-0.2, 0) is 27.6 Å². The lowest BCUT2D eigenvalue weighted by Gasteiger charge is -2.24. The molecule has 2 aliphatic heterocycles. The first kappa shape index (κ1) is 15.8. The molecule has 2 heterocycles. The van der Waals surface area contributed by atoms with Crippen molar-refractivity contribution < 1.29 is 40.6 Å². The maximum Gasteiger partial charge on any atom is 0.475 e. The van der Waals surface area contributed by atoms with Crippen LogP contribution in [-0.4, -0.2) is 73.4 Å². The molecule has 0 radical (unpaired) electrons. The number of hydrogen-bond donors (Lipinski definition) is 3. The average molecular weight is 362 g/mol. The highest BCUT2D eigenvalue weighted by Gasteiger charge is 2.39. The lowest BCUT2D eigenvalue weighted by Crippen LogP contribution is -2.29. The largest absolute Gasteiger partial charge is 0.475 e. The zero-order chi connectivity index (χ0) is 17.7. The summed E-state index contributed by atoms with van der Waals surface area (Å²) in [7, 11) is -4.04. The molecule has 2 N–H and O–H groups in total. The third-order valence-corrected chi connectivity index (χ3v) is 4.91. The summed E-state index contributed by atoms with van der Waals surface area (Å²) in [4.78, 5) is 0. The molecular formula is C12H23O8PS. The Morgan fingerprint density at radius 3 is 2.64 bits per heavy atom. The molecule has 0 aromatic carbocycles. The average Bonchev–Trinajstić information content (AvgIpc) is 3.04. The Hall–Kier alpha value is 0.300. The van der Waals surface area contributed by atoms with Gasteiger partial charge in [0, 0.05) is 25.3 Å². The quantitative estimate of drug-likeness (QED) is 0.399. The molecule has 2 aliphatic rings. The zero-order valence-corrected chi connectivity index (χ0v) is 13.7. The minimum absolute atomic E-state index is 0.00277. The van der Waals surface area contributed by atoms with E-state index in [9.17, 15) is 14.8 Å². The summed E-state index contributed by atoms with van der Waals surface area (Å²) < 4.78 is 53.8. The van der Waals surface area contributed by atoms with E-state index in [1.54, 1.807) is 0 Å². The van der Waals surface area contributed by atoms with E-state index in [0.29, 0.717) is 0 Å². The van der Waals surface area contributed by atoms with E-state index >= 15 is 0 Å². The van der Waals surface area contributed by atoms with Crippen LogP contribution >= 0.6 is 20.5 Å². The van der Waals surface area contributed by atoms with Crippen LogP contribution < -0.4 is 0 Å². The molecule has 22 heavy (non-hydrogen) atoms. The molecule has 130 valence electrons.